The highest BCUT2D eigenvalue weighted by atomic mass is 16.1. The second-order valence-electron chi connectivity index (χ2n) is 6.89. The number of fused-ring (bicyclic) bond motifs is 1. The molecule has 0 spiro atoms. The first kappa shape index (κ1) is 16.0. The van der Waals surface area contributed by atoms with Crippen LogP contribution in [-0.4, -0.2) is 36.7 Å². The van der Waals surface area contributed by atoms with E-state index in [1.54, 1.807) is 16.7 Å². The Labute approximate surface area is 146 Å². The van der Waals surface area contributed by atoms with Crippen LogP contribution in [0.25, 0.3) is 5.65 Å². The monoisotopic (exact) mass is 337 g/mol. The predicted molar refractivity (Wildman–Crippen MR) is 96.6 cm³/mol. The smallest absolute Gasteiger partial charge is 0.258 e. The molecule has 0 unspecified atom stereocenters. The van der Waals surface area contributed by atoms with Crippen LogP contribution in [0.5, 0.6) is 0 Å². The molecule has 1 atom stereocenters. The number of rotatable bonds is 4. The van der Waals surface area contributed by atoms with E-state index >= 15 is 0 Å². The maximum Gasteiger partial charge on any atom is 0.258 e. The average Bonchev–Trinajstić information content (AvgIpc) is 3.14. The van der Waals surface area contributed by atoms with Crippen LogP contribution in [0.15, 0.2) is 41.3 Å². The standard InChI is InChI=1S/C19H23N5O/c1-14-10-15(2)24(21-14)13-17-6-5-8-22(17)12-16-11-19(25)23-9-4-3-7-18(23)20-16/h3-4,7,9-11,17H,5-6,8,12-13H2,1-2H3/t17-/m0/s1. The number of aromatic nitrogens is 4. The lowest BCUT2D eigenvalue weighted by molar-refractivity contribution is 0.215. The van der Waals surface area contributed by atoms with E-state index in [0.717, 1.165) is 30.9 Å². The number of hydrogen-bond donors (Lipinski definition) is 0. The van der Waals surface area contributed by atoms with Crippen molar-refractivity contribution < 1.29 is 0 Å². The fourth-order valence-electron chi connectivity index (χ4n) is 3.76. The molecule has 6 nitrogen and oxygen atoms in total. The van der Waals surface area contributed by atoms with E-state index < -0.39 is 0 Å². The number of nitrogens with zero attached hydrogens (tertiary/aromatic N) is 5. The summed E-state index contributed by atoms with van der Waals surface area (Å²) in [5.74, 6) is 0. The Bertz CT molecular complexity index is 958. The van der Waals surface area contributed by atoms with Gasteiger partial charge in [-0.25, -0.2) is 4.98 Å². The van der Waals surface area contributed by atoms with Crippen LogP contribution in [-0.2, 0) is 13.1 Å². The Kier molecular flexibility index (Phi) is 4.13. The van der Waals surface area contributed by atoms with E-state index in [1.165, 1.54) is 12.1 Å². The van der Waals surface area contributed by atoms with Crippen molar-refractivity contribution in [2.75, 3.05) is 6.54 Å². The lowest BCUT2D eigenvalue weighted by Crippen LogP contribution is -2.34. The van der Waals surface area contributed by atoms with Crippen LogP contribution in [0.4, 0.5) is 0 Å². The normalized spacial score (nSPS) is 18.2. The predicted octanol–water partition coefficient (Wildman–Crippen LogP) is 2.17. The number of aryl methyl sites for hydroxylation is 2. The van der Waals surface area contributed by atoms with Gasteiger partial charge >= 0.3 is 0 Å². The average molecular weight is 337 g/mol. The highest BCUT2D eigenvalue weighted by molar-refractivity contribution is 5.38. The molecule has 0 bridgehead atoms. The van der Waals surface area contributed by atoms with Crippen LogP contribution >= 0.6 is 0 Å². The fraction of sp³-hybridized carbons (Fsp3) is 0.421. The lowest BCUT2D eigenvalue weighted by atomic mass is 10.2. The third-order valence-electron chi connectivity index (χ3n) is 4.98. The van der Waals surface area contributed by atoms with Crippen molar-refractivity contribution in [3.8, 4) is 0 Å². The van der Waals surface area contributed by atoms with Gasteiger partial charge in [-0.3, -0.25) is 18.8 Å². The van der Waals surface area contributed by atoms with Crippen LogP contribution in [0, 0.1) is 13.8 Å². The number of hydrogen-bond acceptors (Lipinski definition) is 4. The quantitative estimate of drug-likeness (QED) is 0.732. The lowest BCUT2D eigenvalue weighted by Gasteiger charge is -2.24. The molecule has 25 heavy (non-hydrogen) atoms. The first-order valence-corrected chi connectivity index (χ1v) is 8.82. The zero-order valence-electron chi connectivity index (χ0n) is 14.7. The first-order valence-electron chi connectivity index (χ1n) is 8.82. The molecule has 4 rings (SSSR count). The Balaban J connectivity index is 1.55. The van der Waals surface area contributed by atoms with Crippen molar-refractivity contribution in [2.45, 2.75) is 45.8 Å². The summed E-state index contributed by atoms with van der Waals surface area (Å²) in [7, 11) is 0. The van der Waals surface area contributed by atoms with Crippen LogP contribution in [0.2, 0.25) is 0 Å². The van der Waals surface area contributed by atoms with Gasteiger partial charge in [0.2, 0.25) is 0 Å². The minimum absolute atomic E-state index is 0.0186. The molecule has 0 aromatic carbocycles. The van der Waals surface area contributed by atoms with Crippen LogP contribution in [0.3, 0.4) is 0 Å². The zero-order chi connectivity index (χ0) is 17.4. The molecular weight excluding hydrogens is 314 g/mol. The topological polar surface area (TPSA) is 55.4 Å². The molecule has 1 saturated heterocycles. The summed E-state index contributed by atoms with van der Waals surface area (Å²) in [5.41, 5.74) is 3.79. The number of likely N-dealkylation sites (tertiary alicyclic amines) is 1. The number of pyridine rings is 1. The molecule has 130 valence electrons. The summed E-state index contributed by atoms with van der Waals surface area (Å²) < 4.78 is 3.68. The summed E-state index contributed by atoms with van der Waals surface area (Å²) in [6.07, 6.45) is 4.09. The molecular formula is C19H23N5O. The van der Waals surface area contributed by atoms with Crippen molar-refractivity contribution in [1.29, 1.82) is 0 Å². The summed E-state index contributed by atoms with van der Waals surface area (Å²) in [4.78, 5) is 19.4. The van der Waals surface area contributed by atoms with Gasteiger partial charge in [0.25, 0.3) is 5.56 Å². The molecule has 3 aromatic rings. The highest BCUT2D eigenvalue weighted by Crippen LogP contribution is 2.21. The molecule has 1 aliphatic heterocycles. The Morgan fingerprint density at radius 1 is 1.24 bits per heavy atom. The summed E-state index contributed by atoms with van der Waals surface area (Å²) in [6.45, 7) is 6.78. The fourth-order valence-corrected chi connectivity index (χ4v) is 3.76. The second kappa shape index (κ2) is 6.44. The van der Waals surface area contributed by atoms with Crippen molar-refractivity contribution in [2.24, 2.45) is 0 Å². The Morgan fingerprint density at radius 2 is 2.12 bits per heavy atom. The molecule has 0 amide bonds. The van der Waals surface area contributed by atoms with Gasteiger partial charge in [-0.05, 0) is 51.4 Å². The van der Waals surface area contributed by atoms with E-state index in [4.69, 9.17) is 0 Å². The maximum atomic E-state index is 12.3. The van der Waals surface area contributed by atoms with Gasteiger partial charge in [-0.1, -0.05) is 6.07 Å². The highest BCUT2D eigenvalue weighted by Gasteiger charge is 2.26. The first-order chi connectivity index (χ1) is 12.1. The van der Waals surface area contributed by atoms with Crippen LogP contribution < -0.4 is 5.56 Å². The van der Waals surface area contributed by atoms with Crippen molar-refractivity contribution in [1.82, 2.24) is 24.1 Å². The molecule has 0 radical (unpaired) electrons. The van der Waals surface area contributed by atoms with Gasteiger partial charge in [0, 0.05) is 30.5 Å². The van der Waals surface area contributed by atoms with E-state index in [0.29, 0.717) is 18.2 Å². The maximum absolute atomic E-state index is 12.3. The summed E-state index contributed by atoms with van der Waals surface area (Å²) >= 11 is 0. The minimum Gasteiger partial charge on any atom is -0.293 e. The Morgan fingerprint density at radius 3 is 2.92 bits per heavy atom. The van der Waals surface area contributed by atoms with Crippen LogP contribution in [0.1, 0.15) is 29.9 Å². The SMILES string of the molecule is Cc1cc(C)n(C[C@@H]2CCCN2Cc2cc(=O)n3ccccc3n2)n1. The zero-order valence-corrected chi connectivity index (χ0v) is 14.7. The molecule has 0 N–H and O–H groups in total. The van der Waals surface area contributed by atoms with Gasteiger partial charge < -0.3 is 0 Å². The second-order valence-corrected chi connectivity index (χ2v) is 6.89. The van der Waals surface area contributed by atoms with Gasteiger partial charge in [0.05, 0.1) is 17.9 Å². The van der Waals surface area contributed by atoms with Gasteiger partial charge in [-0.15, -0.1) is 0 Å². The molecule has 0 saturated carbocycles. The molecule has 6 heteroatoms. The van der Waals surface area contributed by atoms with Gasteiger partial charge in [-0.2, -0.15) is 5.10 Å². The van der Waals surface area contributed by atoms with Gasteiger partial charge in [0.1, 0.15) is 5.65 Å². The third-order valence-corrected chi connectivity index (χ3v) is 4.98. The van der Waals surface area contributed by atoms with E-state index in [2.05, 4.69) is 32.7 Å². The van der Waals surface area contributed by atoms with Crippen molar-refractivity contribution in [3.05, 3.63) is 64.0 Å². The Hall–Kier alpha value is -2.47. The molecule has 4 heterocycles. The largest absolute Gasteiger partial charge is 0.293 e. The van der Waals surface area contributed by atoms with Crippen molar-refractivity contribution >= 4 is 5.65 Å². The van der Waals surface area contributed by atoms with Gasteiger partial charge in [0.15, 0.2) is 0 Å². The molecule has 0 aliphatic carbocycles. The van der Waals surface area contributed by atoms with Crippen molar-refractivity contribution in [3.63, 3.8) is 0 Å². The third kappa shape index (κ3) is 3.22. The summed E-state index contributed by atoms with van der Waals surface area (Å²) in [5, 5.41) is 4.59. The summed E-state index contributed by atoms with van der Waals surface area (Å²) in [6, 6.07) is 9.85. The molecule has 3 aromatic heterocycles. The molecule has 1 aliphatic rings. The van der Waals surface area contributed by atoms with E-state index in [9.17, 15) is 4.79 Å². The minimum atomic E-state index is -0.0186. The van der Waals surface area contributed by atoms with E-state index in [1.807, 2.05) is 25.1 Å². The molecule has 1 fully saturated rings. The van der Waals surface area contributed by atoms with E-state index in [-0.39, 0.29) is 5.56 Å².